The van der Waals surface area contributed by atoms with E-state index in [1.807, 2.05) is 18.8 Å². The van der Waals surface area contributed by atoms with Crippen molar-refractivity contribution in [2.24, 2.45) is 0 Å². The van der Waals surface area contributed by atoms with Crippen molar-refractivity contribution in [3.05, 3.63) is 34.9 Å². The summed E-state index contributed by atoms with van der Waals surface area (Å²) in [6, 6.07) is 4.47. The maximum atomic E-state index is 13.1. The molecule has 1 aliphatic rings. The van der Waals surface area contributed by atoms with Crippen LogP contribution in [-0.4, -0.2) is 34.7 Å². The molecule has 4 nitrogen and oxygen atoms in total. The van der Waals surface area contributed by atoms with E-state index in [1.165, 1.54) is 12.1 Å². The average molecular weight is 314 g/mol. The van der Waals surface area contributed by atoms with Gasteiger partial charge in [-0.1, -0.05) is 16.8 Å². The van der Waals surface area contributed by atoms with Gasteiger partial charge in [-0.3, -0.25) is 0 Å². The molecule has 0 aliphatic carbocycles. The van der Waals surface area contributed by atoms with Crippen molar-refractivity contribution in [2.45, 2.75) is 12.0 Å². The Labute approximate surface area is 125 Å². The first-order valence-corrected chi connectivity index (χ1v) is 7.76. The molecule has 1 aromatic carbocycles. The molecule has 1 aromatic heterocycles. The number of benzene rings is 1. The molecule has 2 atom stereocenters. The van der Waals surface area contributed by atoms with Gasteiger partial charge in [-0.25, -0.2) is 4.39 Å². The molecule has 106 valence electrons. The van der Waals surface area contributed by atoms with Crippen LogP contribution in [0.3, 0.4) is 0 Å². The predicted octanol–water partition coefficient (Wildman–Crippen LogP) is 2.95. The molecular weight excluding hydrogens is 301 g/mol. The van der Waals surface area contributed by atoms with E-state index in [4.69, 9.17) is 16.1 Å². The fourth-order valence-electron chi connectivity index (χ4n) is 2.25. The van der Waals surface area contributed by atoms with Crippen LogP contribution in [0.25, 0.3) is 11.4 Å². The zero-order chi connectivity index (χ0) is 14.1. The smallest absolute Gasteiger partial charge is 0.232 e. The minimum absolute atomic E-state index is 0.200. The van der Waals surface area contributed by atoms with Crippen LogP contribution in [0.2, 0.25) is 5.02 Å². The Hall–Kier alpha value is -1.11. The van der Waals surface area contributed by atoms with Crippen LogP contribution in [0.4, 0.5) is 4.39 Å². The van der Waals surface area contributed by atoms with Crippen LogP contribution in [0.1, 0.15) is 11.8 Å². The van der Waals surface area contributed by atoms with Gasteiger partial charge in [-0.05, 0) is 25.2 Å². The molecule has 0 saturated carbocycles. The molecule has 20 heavy (non-hydrogen) atoms. The van der Waals surface area contributed by atoms with Gasteiger partial charge in [0.1, 0.15) is 5.82 Å². The van der Waals surface area contributed by atoms with Crippen LogP contribution in [0.15, 0.2) is 22.7 Å². The molecule has 1 fully saturated rings. The monoisotopic (exact) mass is 313 g/mol. The lowest BCUT2D eigenvalue weighted by molar-refractivity contribution is 0.344. The van der Waals surface area contributed by atoms with Gasteiger partial charge >= 0.3 is 0 Å². The summed E-state index contributed by atoms with van der Waals surface area (Å²) >= 11 is 7.86. The molecule has 2 unspecified atom stereocenters. The summed E-state index contributed by atoms with van der Waals surface area (Å²) in [5, 5.41) is 7.50. The van der Waals surface area contributed by atoms with E-state index >= 15 is 0 Å². The summed E-state index contributed by atoms with van der Waals surface area (Å²) < 4.78 is 18.4. The summed E-state index contributed by atoms with van der Waals surface area (Å²) in [4.78, 5) is 4.41. The molecule has 0 radical (unpaired) electrons. The third kappa shape index (κ3) is 2.55. The fraction of sp³-hybridized carbons (Fsp3) is 0.385. The van der Waals surface area contributed by atoms with Gasteiger partial charge in [0, 0.05) is 23.1 Å². The fourth-order valence-corrected chi connectivity index (χ4v) is 3.92. The van der Waals surface area contributed by atoms with Gasteiger partial charge in [0.15, 0.2) is 0 Å². The highest BCUT2D eigenvalue weighted by Gasteiger charge is 2.32. The predicted molar refractivity (Wildman–Crippen MR) is 77.6 cm³/mol. The summed E-state index contributed by atoms with van der Waals surface area (Å²) in [7, 11) is 1.93. The van der Waals surface area contributed by atoms with Crippen molar-refractivity contribution in [1.82, 2.24) is 15.5 Å². The van der Waals surface area contributed by atoms with Gasteiger partial charge in [0.2, 0.25) is 11.7 Å². The number of likely N-dealkylation sites (N-methyl/N-ethyl adjacent to an activating group) is 1. The number of aromatic nitrogens is 2. The summed E-state index contributed by atoms with van der Waals surface area (Å²) in [5.41, 5.74) is 0.578. The number of hydrogen-bond acceptors (Lipinski definition) is 5. The number of halogens is 2. The maximum absolute atomic E-state index is 13.1. The lowest BCUT2D eigenvalue weighted by atomic mass is 10.0. The third-order valence-corrected chi connectivity index (χ3v) is 4.88. The van der Waals surface area contributed by atoms with E-state index in [1.54, 1.807) is 6.07 Å². The third-order valence-electron chi connectivity index (χ3n) is 3.38. The van der Waals surface area contributed by atoms with E-state index in [0.29, 0.717) is 23.3 Å². The van der Waals surface area contributed by atoms with Gasteiger partial charge in [-0.2, -0.15) is 16.7 Å². The minimum atomic E-state index is -0.384. The zero-order valence-corrected chi connectivity index (χ0v) is 12.3. The number of nitrogens with zero attached hydrogens (tertiary/aromatic N) is 2. The summed E-state index contributed by atoms with van der Waals surface area (Å²) in [6.07, 6.45) is 0. The first kappa shape index (κ1) is 13.9. The van der Waals surface area contributed by atoms with Crippen LogP contribution in [0.5, 0.6) is 0 Å². The molecule has 1 N–H and O–H groups in total. The molecule has 1 aliphatic heterocycles. The molecular formula is C13H13ClFN3OS. The van der Waals surface area contributed by atoms with Crippen molar-refractivity contribution in [3.63, 3.8) is 0 Å². The first-order chi connectivity index (χ1) is 9.69. The normalized spacial score (nSPS) is 22.4. The highest BCUT2D eigenvalue weighted by Crippen LogP contribution is 2.33. The Morgan fingerprint density at radius 3 is 3.05 bits per heavy atom. The lowest BCUT2D eigenvalue weighted by Crippen LogP contribution is -2.31. The van der Waals surface area contributed by atoms with Crippen molar-refractivity contribution in [2.75, 3.05) is 18.6 Å². The van der Waals surface area contributed by atoms with E-state index in [9.17, 15) is 4.39 Å². The van der Waals surface area contributed by atoms with Crippen molar-refractivity contribution in [3.8, 4) is 11.4 Å². The van der Waals surface area contributed by atoms with Crippen LogP contribution in [-0.2, 0) is 0 Å². The summed E-state index contributed by atoms with van der Waals surface area (Å²) in [6.45, 7) is 0. The Kier molecular flexibility index (Phi) is 3.96. The summed E-state index contributed by atoms with van der Waals surface area (Å²) in [5.74, 6) is 2.79. The number of rotatable bonds is 3. The molecule has 3 rings (SSSR count). The Morgan fingerprint density at radius 2 is 2.30 bits per heavy atom. The van der Waals surface area contributed by atoms with Gasteiger partial charge in [0.05, 0.1) is 10.9 Å². The maximum Gasteiger partial charge on any atom is 0.232 e. The van der Waals surface area contributed by atoms with Gasteiger partial charge < -0.3 is 9.84 Å². The van der Waals surface area contributed by atoms with Crippen LogP contribution < -0.4 is 5.32 Å². The lowest BCUT2D eigenvalue weighted by Gasteiger charge is -2.13. The highest BCUT2D eigenvalue weighted by atomic mass is 35.5. The van der Waals surface area contributed by atoms with Crippen LogP contribution >= 0.6 is 23.4 Å². The molecule has 1 saturated heterocycles. The highest BCUT2D eigenvalue weighted by molar-refractivity contribution is 7.99. The standard InChI is InChI=1S/C13H13ClFN3OS/c1-16-11-6-20-5-9(11)13-17-12(18-19-13)8-3-2-7(15)4-10(8)14/h2-4,9,11,16H,5-6H2,1H3. The SMILES string of the molecule is CNC1CSCC1c1nc(-c2ccc(F)cc2Cl)no1. The number of nitrogens with one attached hydrogen (secondary N) is 1. The zero-order valence-electron chi connectivity index (χ0n) is 10.8. The van der Waals surface area contributed by atoms with E-state index in [2.05, 4.69) is 15.5 Å². The Balaban J connectivity index is 1.90. The molecule has 0 bridgehead atoms. The molecule has 0 spiro atoms. The van der Waals surface area contributed by atoms with E-state index in [0.717, 1.165) is 11.5 Å². The first-order valence-electron chi connectivity index (χ1n) is 6.23. The molecule has 0 amide bonds. The largest absolute Gasteiger partial charge is 0.339 e. The Bertz CT molecular complexity index is 621. The number of thioether (sulfide) groups is 1. The quantitative estimate of drug-likeness (QED) is 0.944. The second kappa shape index (κ2) is 5.71. The number of hydrogen-bond donors (Lipinski definition) is 1. The van der Waals surface area contributed by atoms with Crippen molar-refractivity contribution in [1.29, 1.82) is 0 Å². The Morgan fingerprint density at radius 1 is 1.45 bits per heavy atom. The van der Waals surface area contributed by atoms with E-state index in [-0.39, 0.29) is 16.8 Å². The van der Waals surface area contributed by atoms with E-state index < -0.39 is 0 Å². The second-order valence-corrected chi connectivity index (χ2v) is 6.10. The topological polar surface area (TPSA) is 51.0 Å². The molecule has 2 aromatic rings. The molecule has 7 heteroatoms. The van der Waals surface area contributed by atoms with Crippen molar-refractivity contribution < 1.29 is 8.91 Å². The van der Waals surface area contributed by atoms with Gasteiger partial charge in [0.25, 0.3) is 0 Å². The van der Waals surface area contributed by atoms with Crippen molar-refractivity contribution >= 4 is 23.4 Å². The average Bonchev–Trinajstić information content (AvgIpc) is 3.06. The second-order valence-electron chi connectivity index (χ2n) is 4.62. The van der Waals surface area contributed by atoms with Crippen LogP contribution in [0, 0.1) is 5.82 Å². The molecule has 2 heterocycles. The van der Waals surface area contributed by atoms with Gasteiger partial charge in [-0.15, -0.1) is 0 Å². The minimum Gasteiger partial charge on any atom is -0.339 e.